The summed E-state index contributed by atoms with van der Waals surface area (Å²) in [5.74, 6) is 1.07. The summed E-state index contributed by atoms with van der Waals surface area (Å²) < 4.78 is 5.23. The Morgan fingerprint density at radius 2 is 2.00 bits per heavy atom. The van der Waals surface area contributed by atoms with Crippen molar-refractivity contribution in [2.75, 3.05) is 17.3 Å². The smallest absolute Gasteiger partial charge is 0.353 e. The highest BCUT2D eigenvalue weighted by atomic mass is 16.6. The van der Waals surface area contributed by atoms with Gasteiger partial charge >= 0.3 is 5.69 Å². The van der Waals surface area contributed by atoms with E-state index in [0.717, 1.165) is 5.56 Å². The Balaban J connectivity index is 1.85. The molecule has 8 nitrogen and oxygen atoms in total. The van der Waals surface area contributed by atoms with Crippen LogP contribution in [-0.4, -0.2) is 21.9 Å². The molecular weight excluding hydrogens is 322 g/mol. The fourth-order valence-corrected chi connectivity index (χ4v) is 2.46. The van der Waals surface area contributed by atoms with E-state index in [0.29, 0.717) is 18.8 Å². The number of nitrogens with one attached hydrogen (secondary N) is 1. The van der Waals surface area contributed by atoms with Crippen molar-refractivity contribution in [2.45, 2.75) is 13.1 Å². The van der Waals surface area contributed by atoms with Crippen LogP contribution in [0.15, 0.2) is 59.5 Å². The number of rotatable bonds is 7. The van der Waals surface area contributed by atoms with Gasteiger partial charge in [0.2, 0.25) is 11.6 Å². The lowest BCUT2D eigenvalue weighted by atomic mass is 10.2. The molecule has 128 valence electrons. The lowest BCUT2D eigenvalue weighted by Gasteiger charge is -2.18. The molecule has 0 saturated heterocycles. The second-order valence-electron chi connectivity index (χ2n) is 5.43. The number of benzene rings is 1. The number of nitrogens with zero attached hydrogens (tertiary/aromatic N) is 4. The summed E-state index contributed by atoms with van der Waals surface area (Å²) >= 11 is 0. The molecule has 0 spiro atoms. The highest BCUT2D eigenvalue weighted by molar-refractivity contribution is 5.70. The molecule has 0 aliphatic rings. The summed E-state index contributed by atoms with van der Waals surface area (Å²) in [6, 6.07) is 13.2. The standard InChI is InChI=1S/C17H17N5O3/c1-21(11-13-6-3-2-4-7-13)17-15(22(23)24)16(19-12-20-17)18-10-14-8-5-9-25-14/h2-9,12H,10-11H2,1H3,(H,18,19,20). The summed E-state index contributed by atoms with van der Waals surface area (Å²) in [7, 11) is 1.76. The van der Waals surface area contributed by atoms with Crippen molar-refractivity contribution >= 4 is 17.3 Å². The average molecular weight is 339 g/mol. The van der Waals surface area contributed by atoms with Crippen LogP contribution in [0.4, 0.5) is 17.3 Å². The maximum absolute atomic E-state index is 11.6. The Labute approximate surface area is 144 Å². The molecule has 1 aromatic carbocycles. The van der Waals surface area contributed by atoms with E-state index in [-0.39, 0.29) is 17.3 Å². The molecule has 0 radical (unpaired) electrons. The maximum atomic E-state index is 11.6. The van der Waals surface area contributed by atoms with E-state index < -0.39 is 4.92 Å². The van der Waals surface area contributed by atoms with E-state index in [1.165, 1.54) is 6.33 Å². The zero-order valence-electron chi connectivity index (χ0n) is 13.6. The summed E-state index contributed by atoms with van der Waals surface area (Å²) in [6.07, 6.45) is 2.86. The second kappa shape index (κ2) is 7.43. The van der Waals surface area contributed by atoms with Gasteiger partial charge in [0.05, 0.1) is 17.7 Å². The van der Waals surface area contributed by atoms with Crippen molar-refractivity contribution < 1.29 is 9.34 Å². The second-order valence-corrected chi connectivity index (χ2v) is 5.43. The Hall–Kier alpha value is -3.42. The molecule has 2 heterocycles. The summed E-state index contributed by atoms with van der Waals surface area (Å²) in [6.45, 7) is 0.795. The van der Waals surface area contributed by atoms with E-state index in [1.54, 1.807) is 30.3 Å². The fraction of sp³-hybridized carbons (Fsp3) is 0.176. The third-order valence-electron chi connectivity index (χ3n) is 3.62. The predicted molar refractivity (Wildman–Crippen MR) is 93.3 cm³/mol. The molecule has 0 aliphatic heterocycles. The van der Waals surface area contributed by atoms with Gasteiger partial charge in [-0.25, -0.2) is 9.97 Å². The third kappa shape index (κ3) is 3.92. The van der Waals surface area contributed by atoms with Crippen LogP contribution >= 0.6 is 0 Å². The van der Waals surface area contributed by atoms with Crippen LogP contribution in [-0.2, 0) is 13.1 Å². The zero-order chi connectivity index (χ0) is 17.6. The summed E-state index contributed by atoms with van der Waals surface area (Å²) in [4.78, 5) is 21.0. The van der Waals surface area contributed by atoms with Gasteiger partial charge in [-0.1, -0.05) is 30.3 Å². The topological polar surface area (TPSA) is 97.3 Å². The first kappa shape index (κ1) is 16.4. The van der Waals surface area contributed by atoms with Crippen LogP contribution < -0.4 is 10.2 Å². The van der Waals surface area contributed by atoms with Crippen LogP contribution in [0.2, 0.25) is 0 Å². The number of anilines is 2. The van der Waals surface area contributed by atoms with Gasteiger partial charge < -0.3 is 14.6 Å². The number of furan rings is 1. The lowest BCUT2D eigenvalue weighted by Crippen LogP contribution is -2.20. The van der Waals surface area contributed by atoms with Gasteiger partial charge in [-0.3, -0.25) is 10.1 Å². The van der Waals surface area contributed by atoms with Crippen LogP contribution in [0.5, 0.6) is 0 Å². The van der Waals surface area contributed by atoms with Gasteiger partial charge in [0.15, 0.2) is 0 Å². The van der Waals surface area contributed by atoms with Crippen LogP contribution in [0.1, 0.15) is 11.3 Å². The largest absolute Gasteiger partial charge is 0.467 e. The van der Waals surface area contributed by atoms with E-state index >= 15 is 0 Å². The Morgan fingerprint density at radius 1 is 1.20 bits per heavy atom. The zero-order valence-corrected chi connectivity index (χ0v) is 13.6. The third-order valence-corrected chi connectivity index (χ3v) is 3.62. The molecular formula is C17H17N5O3. The van der Waals surface area contributed by atoms with Gasteiger partial charge in [-0.2, -0.15) is 0 Å². The van der Waals surface area contributed by atoms with Gasteiger partial charge in [0.1, 0.15) is 12.1 Å². The molecule has 0 fully saturated rings. The minimum absolute atomic E-state index is 0.159. The van der Waals surface area contributed by atoms with E-state index in [9.17, 15) is 10.1 Å². The normalized spacial score (nSPS) is 10.4. The highest BCUT2D eigenvalue weighted by Gasteiger charge is 2.25. The number of nitro groups is 1. The van der Waals surface area contributed by atoms with Crippen LogP contribution in [0.25, 0.3) is 0 Å². The minimum Gasteiger partial charge on any atom is -0.467 e. The quantitative estimate of drug-likeness (QED) is 0.521. The van der Waals surface area contributed by atoms with Crippen LogP contribution in [0, 0.1) is 10.1 Å². The highest BCUT2D eigenvalue weighted by Crippen LogP contribution is 2.32. The first-order valence-electron chi connectivity index (χ1n) is 7.66. The molecule has 0 atom stereocenters. The molecule has 3 rings (SSSR count). The Kier molecular flexibility index (Phi) is 4.89. The molecule has 0 saturated carbocycles. The molecule has 0 unspecified atom stereocenters. The summed E-state index contributed by atoms with van der Waals surface area (Å²) in [5.41, 5.74) is 0.871. The van der Waals surface area contributed by atoms with Gasteiger partial charge in [0.25, 0.3) is 0 Å². The van der Waals surface area contributed by atoms with Crippen molar-refractivity contribution in [2.24, 2.45) is 0 Å². The summed E-state index contributed by atoms with van der Waals surface area (Å²) in [5, 5.41) is 14.5. The SMILES string of the molecule is CN(Cc1ccccc1)c1ncnc(NCc2ccco2)c1[N+](=O)[O-]. The fourth-order valence-electron chi connectivity index (χ4n) is 2.46. The molecule has 25 heavy (non-hydrogen) atoms. The average Bonchev–Trinajstić information content (AvgIpc) is 3.14. The van der Waals surface area contributed by atoms with Crippen molar-refractivity contribution in [1.82, 2.24) is 9.97 Å². The first-order valence-corrected chi connectivity index (χ1v) is 7.66. The molecule has 3 aromatic rings. The monoisotopic (exact) mass is 339 g/mol. The molecule has 8 heteroatoms. The van der Waals surface area contributed by atoms with Gasteiger partial charge in [-0.15, -0.1) is 0 Å². The maximum Gasteiger partial charge on any atom is 0.353 e. The molecule has 0 bridgehead atoms. The van der Waals surface area contributed by atoms with Crippen molar-refractivity contribution in [3.63, 3.8) is 0 Å². The number of hydrogen-bond donors (Lipinski definition) is 1. The molecule has 2 aromatic heterocycles. The van der Waals surface area contributed by atoms with E-state index in [2.05, 4.69) is 15.3 Å². The van der Waals surface area contributed by atoms with Crippen molar-refractivity contribution in [1.29, 1.82) is 0 Å². The number of aromatic nitrogens is 2. The van der Waals surface area contributed by atoms with E-state index in [1.807, 2.05) is 30.3 Å². The number of hydrogen-bond acceptors (Lipinski definition) is 7. The van der Waals surface area contributed by atoms with E-state index in [4.69, 9.17) is 4.42 Å². The molecule has 0 aliphatic carbocycles. The van der Waals surface area contributed by atoms with Crippen molar-refractivity contribution in [3.05, 3.63) is 76.5 Å². The minimum atomic E-state index is -0.471. The lowest BCUT2D eigenvalue weighted by molar-refractivity contribution is -0.383. The molecule has 0 amide bonds. The van der Waals surface area contributed by atoms with Gasteiger partial charge in [-0.05, 0) is 17.7 Å². The van der Waals surface area contributed by atoms with Crippen molar-refractivity contribution in [3.8, 4) is 0 Å². The van der Waals surface area contributed by atoms with Gasteiger partial charge in [0, 0.05) is 13.6 Å². The Bertz CT molecular complexity index is 837. The predicted octanol–water partition coefficient (Wildman–Crippen LogP) is 3.23. The Morgan fingerprint density at radius 3 is 2.68 bits per heavy atom. The molecule has 1 N–H and O–H groups in total. The van der Waals surface area contributed by atoms with Crippen LogP contribution in [0.3, 0.4) is 0 Å². The first-order chi connectivity index (χ1) is 12.1.